The molecule has 0 atom stereocenters. The van der Waals surface area contributed by atoms with Crippen molar-refractivity contribution < 1.29 is 41.4 Å². The summed E-state index contributed by atoms with van der Waals surface area (Å²) in [4.78, 5) is 23.2. The molecule has 0 heterocycles. The maximum atomic E-state index is 13.0. The quantitative estimate of drug-likeness (QED) is 0.346. The van der Waals surface area contributed by atoms with Gasteiger partial charge >= 0.3 is 18.1 Å². The number of fused-ring (bicyclic) bond motifs is 1. The summed E-state index contributed by atoms with van der Waals surface area (Å²) in [7, 11) is -3.82. The van der Waals surface area contributed by atoms with Crippen molar-refractivity contribution in [2.45, 2.75) is 64.5 Å². The lowest BCUT2D eigenvalue weighted by Crippen LogP contribution is -2.32. The maximum absolute atomic E-state index is 13.0. The summed E-state index contributed by atoms with van der Waals surface area (Å²) in [5.74, 6) is -3.12. The number of carboxylic acid groups (broad SMARTS) is 2. The zero-order chi connectivity index (χ0) is 29.5. The number of nitrogens with one attached hydrogen (secondary N) is 1. The highest BCUT2D eigenvalue weighted by molar-refractivity contribution is 7.92. The highest BCUT2D eigenvalue weighted by atomic mass is 32.2. The van der Waals surface area contributed by atoms with Crippen LogP contribution in [0.5, 0.6) is 0 Å². The largest absolute Gasteiger partial charge is 0.490 e. The van der Waals surface area contributed by atoms with Crippen LogP contribution in [0, 0.1) is 11.8 Å². The molecule has 0 saturated carbocycles. The van der Waals surface area contributed by atoms with Gasteiger partial charge < -0.3 is 15.1 Å². The normalized spacial score (nSPS) is 13.4. The van der Waals surface area contributed by atoms with Crippen LogP contribution in [0.4, 0.5) is 24.5 Å². The van der Waals surface area contributed by atoms with E-state index in [0.29, 0.717) is 17.5 Å². The molecule has 0 aromatic heterocycles. The number of rotatable bonds is 9. The van der Waals surface area contributed by atoms with Crippen LogP contribution in [0.1, 0.15) is 62.0 Å². The van der Waals surface area contributed by atoms with Gasteiger partial charge in [0.05, 0.1) is 16.1 Å². The molecule has 3 N–H and O–H groups in total. The molecule has 2 aromatic carbocycles. The van der Waals surface area contributed by atoms with Gasteiger partial charge in [-0.15, -0.1) is 0 Å². The van der Waals surface area contributed by atoms with E-state index < -0.39 is 28.1 Å². The lowest BCUT2D eigenvalue weighted by atomic mass is 9.92. The first-order chi connectivity index (χ1) is 18.0. The Morgan fingerprint density at radius 2 is 1.46 bits per heavy atom. The third-order valence-corrected chi connectivity index (χ3v) is 7.24. The van der Waals surface area contributed by atoms with Crippen molar-refractivity contribution in [1.82, 2.24) is 0 Å². The van der Waals surface area contributed by atoms with Crippen LogP contribution in [0.3, 0.4) is 0 Å². The van der Waals surface area contributed by atoms with Crippen LogP contribution < -0.4 is 9.62 Å². The van der Waals surface area contributed by atoms with E-state index in [1.54, 1.807) is 24.3 Å². The first-order valence-electron chi connectivity index (χ1n) is 12.6. The van der Waals surface area contributed by atoms with Gasteiger partial charge in [0.15, 0.2) is 0 Å². The van der Waals surface area contributed by atoms with Gasteiger partial charge in [0, 0.05) is 18.8 Å². The van der Waals surface area contributed by atoms with Crippen LogP contribution in [-0.4, -0.2) is 49.8 Å². The molecule has 0 aliphatic heterocycles. The van der Waals surface area contributed by atoms with Gasteiger partial charge in [-0.1, -0.05) is 33.8 Å². The number of aromatic carboxylic acids is 1. The number of alkyl halides is 3. The summed E-state index contributed by atoms with van der Waals surface area (Å²) in [6.45, 7) is 9.81. The van der Waals surface area contributed by atoms with Crippen molar-refractivity contribution in [2.75, 3.05) is 22.7 Å². The van der Waals surface area contributed by atoms with Crippen molar-refractivity contribution in [2.24, 2.45) is 11.8 Å². The molecule has 0 radical (unpaired) electrons. The van der Waals surface area contributed by atoms with Crippen LogP contribution in [0.2, 0.25) is 0 Å². The molecule has 0 fully saturated rings. The third kappa shape index (κ3) is 9.45. The Balaban J connectivity index is 0.000000673. The number of aliphatic carboxylic acids is 1. The summed E-state index contributed by atoms with van der Waals surface area (Å²) >= 11 is 0. The van der Waals surface area contributed by atoms with E-state index in [4.69, 9.17) is 9.90 Å². The van der Waals surface area contributed by atoms with Gasteiger partial charge in [-0.05, 0) is 79.0 Å². The Hall–Kier alpha value is -3.28. The first-order valence-corrected chi connectivity index (χ1v) is 14.1. The average molecular weight is 573 g/mol. The van der Waals surface area contributed by atoms with Crippen LogP contribution in [0.15, 0.2) is 41.3 Å². The number of benzene rings is 2. The molecular formula is C27H35F3N2O6S. The van der Waals surface area contributed by atoms with E-state index >= 15 is 0 Å². The second-order valence-corrected chi connectivity index (χ2v) is 12.0. The molecule has 8 nitrogen and oxygen atoms in total. The summed E-state index contributed by atoms with van der Waals surface area (Å²) in [6, 6.07) is 10.0. The van der Waals surface area contributed by atoms with Gasteiger partial charge in [0.2, 0.25) is 0 Å². The topological polar surface area (TPSA) is 124 Å². The SMILES string of the molecule is CC(C)CN(CC(C)C)c1ccc(NS(=O)(=O)c2ccc3c(c2)CCCC3)cc1C(=O)O.O=C(O)C(F)(F)F. The Labute approximate surface area is 226 Å². The number of carboxylic acids is 2. The number of nitrogens with zero attached hydrogens (tertiary/aromatic N) is 1. The van der Waals surface area contributed by atoms with Crippen LogP contribution >= 0.6 is 0 Å². The van der Waals surface area contributed by atoms with Crippen LogP contribution in [0.25, 0.3) is 0 Å². The Bertz CT molecular complexity index is 1270. The first kappa shape index (κ1) is 31.9. The van der Waals surface area contributed by atoms with E-state index in [-0.39, 0.29) is 16.1 Å². The van der Waals surface area contributed by atoms with Gasteiger partial charge in [0.1, 0.15) is 0 Å². The van der Waals surface area contributed by atoms with E-state index in [1.165, 1.54) is 11.6 Å². The molecule has 0 bridgehead atoms. The number of aryl methyl sites for hydroxylation is 2. The number of hydrogen-bond acceptors (Lipinski definition) is 5. The lowest BCUT2D eigenvalue weighted by Gasteiger charge is -2.30. The molecule has 0 spiro atoms. The Morgan fingerprint density at radius 1 is 0.923 bits per heavy atom. The van der Waals surface area contributed by atoms with Crippen LogP contribution in [-0.2, 0) is 27.7 Å². The minimum absolute atomic E-state index is 0.0944. The number of halogens is 3. The van der Waals surface area contributed by atoms with Crippen molar-refractivity contribution in [3.63, 3.8) is 0 Å². The standard InChI is InChI=1S/C25H34N2O4S.C2HF3O2/c1-17(2)15-27(16-18(3)4)24-12-10-21(14-23(24)25(28)29)26-32(30,31)22-11-9-19-7-5-6-8-20(19)13-22;3-2(4,5)1(6)7/h9-14,17-18,26H,5-8,15-16H2,1-4H3,(H,28,29);(H,6,7). The molecule has 0 amide bonds. The minimum Gasteiger partial charge on any atom is -0.478 e. The maximum Gasteiger partial charge on any atom is 0.490 e. The number of carbonyl (C=O) groups is 2. The van der Waals surface area contributed by atoms with Crippen molar-refractivity contribution >= 4 is 33.3 Å². The van der Waals surface area contributed by atoms with E-state index in [1.807, 2.05) is 6.07 Å². The second kappa shape index (κ2) is 13.2. The number of hydrogen-bond donors (Lipinski definition) is 3. The Morgan fingerprint density at radius 3 is 1.95 bits per heavy atom. The molecule has 0 unspecified atom stereocenters. The molecule has 39 heavy (non-hydrogen) atoms. The molecule has 1 aliphatic rings. The third-order valence-electron chi connectivity index (χ3n) is 5.86. The number of sulfonamides is 1. The van der Waals surface area contributed by atoms with Gasteiger partial charge in [-0.3, -0.25) is 4.72 Å². The molecular weight excluding hydrogens is 537 g/mol. The fraction of sp³-hybridized carbons (Fsp3) is 0.481. The highest BCUT2D eigenvalue weighted by Crippen LogP contribution is 2.29. The minimum atomic E-state index is -5.08. The average Bonchev–Trinajstić information content (AvgIpc) is 2.82. The predicted octanol–water partition coefficient (Wildman–Crippen LogP) is 5.82. The fourth-order valence-electron chi connectivity index (χ4n) is 4.29. The lowest BCUT2D eigenvalue weighted by molar-refractivity contribution is -0.192. The van der Waals surface area contributed by atoms with Gasteiger partial charge in [-0.25, -0.2) is 18.0 Å². The van der Waals surface area contributed by atoms with E-state index in [9.17, 15) is 31.5 Å². The zero-order valence-electron chi connectivity index (χ0n) is 22.4. The molecule has 12 heteroatoms. The molecule has 3 rings (SSSR count). The molecule has 1 aliphatic carbocycles. The second-order valence-electron chi connectivity index (χ2n) is 10.3. The van der Waals surface area contributed by atoms with E-state index in [0.717, 1.165) is 44.3 Å². The van der Waals surface area contributed by atoms with Crippen molar-refractivity contribution in [3.05, 3.63) is 53.1 Å². The monoisotopic (exact) mass is 572 g/mol. The number of anilines is 2. The van der Waals surface area contributed by atoms with E-state index in [2.05, 4.69) is 37.3 Å². The zero-order valence-corrected chi connectivity index (χ0v) is 23.2. The summed E-state index contributed by atoms with van der Waals surface area (Å²) in [5, 5.41) is 17.0. The predicted molar refractivity (Wildman–Crippen MR) is 143 cm³/mol. The fourth-order valence-corrected chi connectivity index (χ4v) is 5.39. The van der Waals surface area contributed by atoms with Crippen molar-refractivity contribution in [1.29, 1.82) is 0 Å². The molecule has 0 saturated heterocycles. The molecule has 216 valence electrons. The van der Waals surface area contributed by atoms with Gasteiger partial charge in [0.25, 0.3) is 10.0 Å². The summed E-state index contributed by atoms with van der Waals surface area (Å²) in [6.07, 6.45) is -1.02. The smallest absolute Gasteiger partial charge is 0.478 e. The Kier molecular flexibility index (Phi) is 10.8. The van der Waals surface area contributed by atoms with Gasteiger partial charge in [-0.2, -0.15) is 13.2 Å². The summed E-state index contributed by atoms with van der Waals surface area (Å²) in [5.41, 5.74) is 3.24. The van der Waals surface area contributed by atoms with Crippen molar-refractivity contribution in [3.8, 4) is 0 Å². The summed E-state index contributed by atoms with van der Waals surface area (Å²) < 4.78 is 60.3. The molecule has 2 aromatic rings. The highest BCUT2D eigenvalue weighted by Gasteiger charge is 2.38.